The predicted molar refractivity (Wildman–Crippen MR) is 406 cm³/mol. The van der Waals surface area contributed by atoms with E-state index in [1.54, 1.807) is 28.4 Å². The van der Waals surface area contributed by atoms with Gasteiger partial charge >= 0.3 is 0 Å². The van der Waals surface area contributed by atoms with E-state index in [1.165, 1.54) is 0 Å². The summed E-state index contributed by atoms with van der Waals surface area (Å²) in [4.78, 5) is 19.7. The summed E-state index contributed by atoms with van der Waals surface area (Å²) in [5.41, 5.74) is 11.1. The van der Waals surface area contributed by atoms with Crippen molar-refractivity contribution in [2.24, 2.45) is 20.0 Å². The molecule has 12 heteroatoms. The summed E-state index contributed by atoms with van der Waals surface area (Å²) in [7, 11) is 6.53. The second-order valence-corrected chi connectivity index (χ2v) is 23.0. The number of nitrogens with zero attached hydrogens (tertiary/aromatic N) is 4. The normalized spacial score (nSPS) is 11.4. The zero-order chi connectivity index (χ0) is 69.4. The Balaban J connectivity index is 1.10. The van der Waals surface area contributed by atoms with E-state index in [1.807, 2.05) is 322 Å². The van der Waals surface area contributed by atoms with Crippen molar-refractivity contribution < 1.29 is 37.9 Å². The van der Waals surface area contributed by atoms with Crippen molar-refractivity contribution in [3.63, 3.8) is 0 Å². The fourth-order valence-corrected chi connectivity index (χ4v) is 11.2. The van der Waals surface area contributed by atoms with Crippen LogP contribution in [0.4, 0.5) is 22.7 Å². The van der Waals surface area contributed by atoms with E-state index in [0.717, 1.165) is 22.3 Å². The third-order valence-corrected chi connectivity index (χ3v) is 16.4. The van der Waals surface area contributed by atoms with Crippen molar-refractivity contribution in [3.8, 4) is 46.0 Å². The van der Waals surface area contributed by atoms with E-state index < -0.39 is 18.3 Å². The van der Waals surface area contributed by atoms with Gasteiger partial charge in [-0.1, -0.05) is 194 Å². The van der Waals surface area contributed by atoms with Crippen molar-refractivity contribution in [2.75, 3.05) is 35.0 Å². The minimum atomic E-state index is -1.12. The number of para-hydroxylation sites is 4. The highest BCUT2D eigenvalue weighted by atomic mass is 16.6. The maximum Gasteiger partial charge on any atom is 0.175 e. The van der Waals surface area contributed by atoms with Gasteiger partial charge in [-0.3, -0.25) is 0 Å². The van der Waals surface area contributed by atoms with E-state index in [0.29, 0.717) is 113 Å². The SMILES string of the molecule is COc1ccc(OCC(Oc2ccc(OC)cc2C(=C=Nc2ccccc2)c2ccccc2)C(Oc2ccc(OC)cc2C(=C=Nc2ccccc2)c2ccccc2)C(C)Oc2ccc(OC)cc2C(=C=Nc2ccccc2)c2ccccc2)c(C(=C=Nc2ccccc2)c2ccccc2)c1. The van der Waals surface area contributed by atoms with Gasteiger partial charge in [0.1, 0.15) is 58.7 Å². The average molecular weight is 1330 g/mol. The summed E-state index contributed by atoms with van der Waals surface area (Å²) < 4.78 is 54.6. The molecule has 0 N–H and O–H groups in total. The van der Waals surface area contributed by atoms with Crippen LogP contribution in [0.5, 0.6) is 46.0 Å². The minimum Gasteiger partial charge on any atom is -0.497 e. The highest BCUT2D eigenvalue weighted by Gasteiger charge is 2.37. The Hall–Kier alpha value is -13.2. The molecule has 0 radical (unpaired) electrons. The first kappa shape index (κ1) is 67.8. The van der Waals surface area contributed by atoms with Gasteiger partial charge in [-0.05, 0) is 174 Å². The van der Waals surface area contributed by atoms with Gasteiger partial charge in [0.05, 0.1) is 73.5 Å². The maximum atomic E-state index is 7.83. The molecule has 3 atom stereocenters. The van der Waals surface area contributed by atoms with Crippen molar-refractivity contribution in [2.45, 2.75) is 25.2 Å². The van der Waals surface area contributed by atoms with Gasteiger partial charge < -0.3 is 37.9 Å². The second-order valence-electron chi connectivity index (χ2n) is 23.0. The van der Waals surface area contributed by atoms with Crippen LogP contribution in [-0.4, -0.2) is 76.8 Å². The van der Waals surface area contributed by atoms with Gasteiger partial charge in [-0.2, -0.15) is 0 Å². The first-order valence-corrected chi connectivity index (χ1v) is 32.9. The first-order valence-electron chi connectivity index (χ1n) is 32.9. The molecule has 0 aliphatic carbocycles. The maximum absolute atomic E-state index is 7.83. The highest BCUT2D eigenvalue weighted by Crippen LogP contribution is 2.41. The third-order valence-electron chi connectivity index (χ3n) is 16.4. The monoisotopic (exact) mass is 1320 g/mol. The molecule has 496 valence electrons. The molecule has 0 spiro atoms. The van der Waals surface area contributed by atoms with Crippen LogP contribution in [0.1, 0.15) is 51.4 Å². The molecule has 0 aliphatic heterocycles. The van der Waals surface area contributed by atoms with Crippen molar-refractivity contribution in [3.05, 3.63) is 360 Å². The zero-order valence-corrected chi connectivity index (χ0v) is 56.5. The van der Waals surface area contributed by atoms with Gasteiger partial charge in [-0.15, -0.1) is 0 Å². The van der Waals surface area contributed by atoms with Crippen molar-refractivity contribution in [1.82, 2.24) is 0 Å². The van der Waals surface area contributed by atoms with E-state index in [9.17, 15) is 0 Å². The summed E-state index contributed by atoms with van der Waals surface area (Å²) in [6.45, 7) is 1.78. The first-order chi connectivity index (χ1) is 49.8. The van der Waals surface area contributed by atoms with Gasteiger partial charge in [-0.25, -0.2) is 20.0 Å². The number of ether oxygens (including phenoxy) is 8. The molecule has 12 rings (SSSR count). The largest absolute Gasteiger partial charge is 0.497 e. The zero-order valence-electron chi connectivity index (χ0n) is 56.5. The Labute approximate surface area is 589 Å². The molecule has 0 amide bonds. The standard InChI is InChI=1S/C89H72N4O8/c1-63(99-85-51-47-73(95-3)55-77(85)81(65-32-16-7-17-33-65)59-91-69-40-24-11-25-41-69)89(101-87-53-49-75(97-5)57-79(87)83(67-36-20-9-21-37-67)61-93-71-44-28-13-29-45-71)88(100-86-52-48-74(96-4)56-78(86)82(66-34-18-8-19-35-66)60-92-70-42-26-12-27-43-70)62-98-84-50-46-72(94-2)54-76(84)80(64-30-14-6-15-31-64)58-90-68-38-22-10-23-39-68/h6-57,63,88-89H,62H2,1-5H3. The predicted octanol–water partition coefficient (Wildman–Crippen LogP) is 20.2. The van der Waals surface area contributed by atoms with Crippen LogP contribution in [0.15, 0.2) is 335 Å². The average Bonchev–Trinajstić information content (AvgIpc) is 0.812. The van der Waals surface area contributed by atoms with Crippen LogP contribution in [-0.2, 0) is 0 Å². The molecule has 0 heterocycles. The molecular formula is C89H72N4O8. The molecule has 0 fully saturated rings. The van der Waals surface area contributed by atoms with E-state index >= 15 is 0 Å². The van der Waals surface area contributed by atoms with Crippen LogP contribution in [0.2, 0.25) is 0 Å². The highest BCUT2D eigenvalue weighted by molar-refractivity contribution is 6.04. The third kappa shape index (κ3) is 17.7. The number of methoxy groups -OCH3 is 4. The van der Waals surface area contributed by atoms with E-state index in [2.05, 4.69) is 23.5 Å². The van der Waals surface area contributed by atoms with Gasteiger partial charge in [0.2, 0.25) is 0 Å². The summed E-state index contributed by atoms with van der Waals surface area (Å²) >= 11 is 0. The Morgan fingerprint density at radius 1 is 0.287 bits per heavy atom. The quantitative estimate of drug-likeness (QED) is 0.0467. The smallest absolute Gasteiger partial charge is 0.175 e. The molecule has 0 bridgehead atoms. The van der Waals surface area contributed by atoms with Crippen LogP contribution in [0.3, 0.4) is 0 Å². The summed E-state index contributed by atoms with van der Waals surface area (Å²) in [6.07, 6.45) is -3.17. The summed E-state index contributed by atoms with van der Waals surface area (Å²) in [5.74, 6) is 17.8. The van der Waals surface area contributed by atoms with Crippen LogP contribution >= 0.6 is 0 Å². The topological polar surface area (TPSA) is 123 Å². The molecule has 3 unspecified atom stereocenters. The van der Waals surface area contributed by atoms with Crippen molar-refractivity contribution >= 4 is 68.5 Å². The number of aliphatic imine (C=N–C) groups is 4. The molecule has 101 heavy (non-hydrogen) atoms. The molecule has 0 aromatic heterocycles. The Morgan fingerprint density at radius 2 is 0.535 bits per heavy atom. The molecule has 0 saturated heterocycles. The Bertz CT molecular complexity index is 5010. The van der Waals surface area contributed by atoms with Crippen LogP contribution < -0.4 is 37.9 Å². The summed E-state index contributed by atoms with van der Waals surface area (Å²) in [6, 6.07) is 101. The lowest BCUT2D eigenvalue weighted by Gasteiger charge is -2.34. The van der Waals surface area contributed by atoms with Crippen molar-refractivity contribution in [1.29, 1.82) is 0 Å². The van der Waals surface area contributed by atoms with E-state index in [4.69, 9.17) is 57.9 Å². The number of hydrogen-bond acceptors (Lipinski definition) is 12. The fraction of sp³-hybridized carbons (Fsp3) is 0.101. The number of rotatable bonds is 27. The lowest BCUT2D eigenvalue weighted by atomic mass is 9.97. The number of benzene rings is 12. The Morgan fingerprint density at radius 3 is 0.822 bits per heavy atom. The van der Waals surface area contributed by atoms with Gasteiger partial charge in [0.15, 0.2) is 12.2 Å². The fourth-order valence-electron chi connectivity index (χ4n) is 11.2. The molecule has 12 nitrogen and oxygen atoms in total. The lowest BCUT2D eigenvalue weighted by Crippen LogP contribution is -2.49. The molecular weight excluding hydrogens is 1250 g/mol. The lowest BCUT2D eigenvalue weighted by molar-refractivity contribution is -0.0324. The van der Waals surface area contributed by atoms with Gasteiger partial charge in [0.25, 0.3) is 0 Å². The summed E-state index contributed by atoms with van der Waals surface area (Å²) in [5, 5.41) is 0. The second kappa shape index (κ2) is 34.2. The number of hydrogen-bond donors (Lipinski definition) is 0. The van der Waals surface area contributed by atoms with E-state index in [-0.39, 0.29) is 6.61 Å². The van der Waals surface area contributed by atoms with Gasteiger partial charge in [0, 0.05) is 22.3 Å². The van der Waals surface area contributed by atoms with Crippen LogP contribution in [0.25, 0.3) is 22.3 Å². The van der Waals surface area contributed by atoms with Crippen LogP contribution in [0, 0.1) is 0 Å². The minimum absolute atomic E-state index is 0.180. The molecule has 0 saturated carbocycles. The molecule has 0 aliphatic rings. The Kier molecular flexibility index (Phi) is 22.9. The molecule has 12 aromatic rings. The molecule has 12 aromatic carbocycles.